The Kier molecular flexibility index (Phi) is 7.69. The third-order valence-electron chi connectivity index (χ3n) is 6.58. The fraction of sp³-hybridized carbons (Fsp3) is 0.167. The van der Waals surface area contributed by atoms with Crippen molar-refractivity contribution in [3.63, 3.8) is 0 Å². The maximum absolute atomic E-state index is 13.5. The zero-order valence-corrected chi connectivity index (χ0v) is 21.9. The van der Waals surface area contributed by atoms with E-state index in [1.54, 1.807) is 48.5 Å². The average Bonchev–Trinajstić information content (AvgIpc) is 3.59. The van der Waals surface area contributed by atoms with Crippen LogP contribution in [0, 0.1) is 12.7 Å². The predicted molar refractivity (Wildman–Crippen MR) is 147 cm³/mol. The van der Waals surface area contributed by atoms with Crippen LogP contribution in [-0.2, 0) is 22.6 Å². The van der Waals surface area contributed by atoms with Gasteiger partial charge in [0.05, 0.1) is 11.4 Å². The molecule has 198 valence electrons. The van der Waals surface area contributed by atoms with Gasteiger partial charge in [-0.1, -0.05) is 54.6 Å². The van der Waals surface area contributed by atoms with E-state index in [1.165, 1.54) is 28.4 Å². The van der Waals surface area contributed by atoms with Crippen molar-refractivity contribution < 1.29 is 23.5 Å². The van der Waals surface area contributed by atoms with E-state index in [9.17, 15) is 18.8 Å². The minimum Gasteiger partial charge on any atom is -0.438 e. The number of nitrogens with zero attached hydrogens (tertiary/aromatic N) is 1. The zero-order valence-electron chi connectivity index (χ0n) is 21.1. The number of cyclic esters (lactones) is 1. The number of ether oxygens (including phenoxy) is 1. The van der Waals surface area contributed by atoms with E-state index in [0.717, 1.165) is 16.7 Å². The predicted octanol–water partition coefficient (Wildman–Crippen LogP) is 5.83. The van der Waals surface area contributed by atoms with Crippen molar-refractivity contribution >= 4 is 34.9 Å². The van der Waals surface area contributed by atoms with Crippen LogP contribution in [0.15, 0.2) is 90.3 Å². The Labute approximate surface area is 229 Å². The van der Waals surface area contributed by atoms with E-state index in [0.29, 0.717) is 16.1 Å². The number of anilines is 1. The zero-order chi connectivity index (χ0) is 27.4. The van der Waals surface area contributed by atoms with Gasteiger partial charge in [-0.3, -0.25) is 14.5 Å². The summed E-state index contributed by atoms with van der Waals surface area (Å²) in [5.41, 5.74) is 3.81. The summed E-state index contributed by atoms with van der Waals surface area (Å²) in [6.45, 7) is 2.31. The molecule has 3 aromatic carbocycles. The third kappa shape index (κ3) is 5.99. The molecule has 4 aromatic rings. The van der Waals surface area contributed by atoms with Crippen molar-refractivity contribution in [2.75, 3.05) is 5.32 Å². The second-order valence-corrected chi connectivity index (χ2v) is 10.1. The van der Waals surface area contributed by atoms with Crippen LogP contribution in [0.5, 0.6) is 0 Å². The van der Waals surface area contributed by atoms with Crippen LogP contribution >= 0.6 is 11.3 Å². The van der Waals surface area contributed by atoms with Gasteiger partial charge in [-0.25, -0.2) is 9.18 Å². The molecule has 2 atom stereocenters. The molecule has 9 heteroatoms. The van der Waals surface area contributed by atoms with Crippen LogP contribution in [0.1, 0.15) is 38.0 Å². The Morgan fingerprint density at radius 2 is 1.72 bits per heavy atom. The number of rotatable bonds is 8. The number of nitrogens with one attached hydrogen (secondary N) is 2. The number of hydrogen-bond acceptors (Lipinski definition) is 5. The van der Waals surface area contributed by atoms with Gasteiger partial charge in [0.25, 0.3) is 5.91 Å². The second kappa shape index (κ2) is 11.5. The van der Waals surface area contributed by atoms with E-state index in [1.807, 2.05) is 36.6 Å². The van der Waals surface area contributed by atoms with Crippen molar-refractivity contribution in [1.82, 2.24) is 10.2 Å². The summed E-state index contributed by atoms with van der Waals surface area (Å²) in [4.78, 5) is 41.0. The van der Waals surface area contributed by atoms with Gasteiger partial charge in [-0.2, -0.15) is 0 Å². The lowest BCUT2D eigenvalue weighted by Crippen LogP contribution is -2.46. The normalized spacial score (nSPS) is 16.6. The van der Waals surface area contributed by atoms with Crippen LogP contribution in [0.25, 0.3) is 0 Å². The van der Waals surface area contributed by atoms with Crippen molar-refractivity contribution in [2.24, 2.45) is 0 Å². The lowest BCUT2D eigenvalue weighted by molar-refractivity contribution is -0.126. The number of halogens is 1. The topological polar surface area (TPSA) is 87.7 Å². The highest BCUT2D eigenvalue weighted by Crippen LogP contribution is 2.35. The molecule has 1 fully saturated rings. The number of amides is 3. The van der Waals surface area contributed by atoms with E-state index < -0.39 is 18.2 Å². The van der Waals surface area contributed by atoms with Gasteiger partial charge in [0.1, 0.15) is 5.82 Å². The first kappa shape index (κ1) is 26.1. The van der Waals surface area contributed by atoms with Gasteiger partial charge in [0.2, 0.25) is 5.91 Å². The molecule has 0 saturated carbocycles. The average molecular weight is 544 g/mol. The molecule has 5 rings (SSSR count). The van der Waals surface area contributed by atoms with Crippen molar-refractivity contribution in [1.29, 1.82) is 0 Å². The number of aryl methyl sites for hydroxylation is 1. The Bertz CT molecular complexity index is 1470. The van der Waals surface area contributed by atoms with E-state index in [2.05, 4.69) is 10.6 Å². The van der Waals surface area contributed by atoms with Crippen LogP contribution < -0.4 is 10.6 Å². The van der Waals surface area contributed by atoms with Crippen molar-refractivity contribution in [3.05, 3.63) is 123 Å². The van der Waals surface area contributed by atoms with E-state index in [-0.39, 0.29) is 30.7 Å². The molecular weight excluding hydrogens is 517 g/mol. The minimum atomic E-state index is -0.941. The maximum Gasteiger partial charge on any atom is 0.411 e. The number of hydrogen-bond donors (Lipinski definition) is 2. The lowest BCUT2D eigenvalue weighted by Gasteiger charge is -2.25. The number of carbonyl (C=O) groups is 3. The summed E-state index contributed by atoms with van der Waals surface area (Å²) >= 11 is 1.34. The molecule has 0 spiro atoms. The van der Waals surface area contributed by atoms with E-state index >= 15 is 0 Å². The first-order valence-electron chi connectivity index (χ1n) is 12.4. The molecule has 2 heterocycles. The SMILES string of the molecule is Cc1ccccc1CN1C(=O)O[C@H](c2ccc(NC(=O)c3cccs3)cc2)[C@@H]1C(=O)NCc1ccc(F)cc1. The minimum absolute atomic E-state index is 0.169. The van der Waals surface area contributed by atoms with Gasteiger partial charge in [-0.15, -0.1) is 11.3 Å². The fourth-order valence-corrected chi connectivity index (χ4v) is 5.05. The Morgan fingerprint density at radius 1 is 0.974 bits per heavy atom. The second-order valence-electron chi connectivity index (χ2n) is 9.20. The number of carbonyl (C=O) groups excluding carboxylic acids is 3. The Hall–Kier alpha value is -4.50. The molecule has 39 heavy (non-hydrogen) atoms. The number of thiophene rings is 1. The molecule has 1 aromatic heterocycles. The van der Waals surface area contributed by atoms with Gasteiger partial charge in [0.15, 0.2) is 12.1 Å². The first-order chi connectivity index (χ1) is 18.9. The molecule has 1 saturated heterocycles. The van der Waals surface area contributed by atoms with Crippen molar-refractivity contribution in [3.8, 4) is 0 Å². The molecule has 3 amide bonds. The van der Waals surface area contributed by atoms with Gasteiger partial charge in [0, 0.05) is 12.2 Å². The monoisotopic (exact) mass is 543 g/mol. The summed E-state index contributed by atoms with van der Waals surface area (Å²) < 4.78 is 19.0. The molecule has 1 aliphatic heterocycles. The van der Waals surface area contributed by atoms with Gasteiger partial charge < -0.3 is 15.4 Å². The van der Waals surface area contributed by atoms with Crippen LogP contribution in [-0.4, -0.2) is 28.8 Å². The van der Waals surface area contributed by atoms with Crippen molar-refractivity contribution in [2.45, 2.75) is 32.2 Å². The van der Waals surface area contributed by atoms with Crippen LogP contribution in [0.2, 0.25) is 0 Å². The molecule has 1 aliphatic rings. The highest BCUT2D eigenvalue weighted by atomic mass is 32.1. The largest absolute Gasteiger partial charge is 0.438 e. The molecule has 2 N–H and O–H groups in total. The van der Waals surface area contributed by atoms with Crippen LogP contribution in [0.3, 0.4) is 0 Å². The highest BCUT2D eigenvalue weighted by molar-refractivity contribution is 7.12. The third-order valence-corrected chi connectivity index (χ3v) is 7.45. The fourth-order valence-electron chi connectivity index (χ4n) is 4.43. The Balaban J connectivity index is 1.38. The van der Waals surface area contributed by atoms with Gasteiger partial charge in [-0.05, 0) is 64.9 Å². The summed E-state index contributed by atoms with van der Waals surface area (Å²) in [6, 6.07) is 23.0. The van der Waals surface area contributed by atoms with E-state index in [4.69, 9.17) is 4.74 Å². The van der Waals surface area contributed by atoms with Crippen LogP contribution in [0.4, 0.5) is 14.9 Å². The smallest absolute Gasteiger partial charge is 0.411 e. The quantitative estimate of drug-likeness (QED) is 0.293. The number of benzene rings is 3. The molecular formula is C30H26FN3O4S. The first-order valence-corrected chi connectivity index (χ1v) is 13.3. The summed E-state index contributed by atoms with van der Waals surface area (Å²) in [5.74, 6) is -0.967. The highest BCUT2D eigenvalue weighted by Gasteiger charge is 2.47. The Morgan fingerprint density at radius 3 is 2.41 bits per heavy atom. The summed E-state index contributed by atoms with van der Waals surface area (Å²) in [5, 5.41) is 7.55. The lowest BCUT2D eigenvalue weighted by atomic mass is 9.99. The summed E-state index contributed by atoms with van der Waals surface area (Å²) in [7, 11) is 0. The summed E-state index contributed by atoms with van der Waals surface area (Å²) in [6.07, 6.45) is -1.46. The molecule has 0 aliphatic carbocycles. The molecule has 7 nitrogen and oxygen atoms in total. The van der Waals surface area contributed by atoms with Gasteiger partial charge >= 0.3 is 6.09 Å². The molecule has 0 radical (unpaired) electrons. The molecule has 0 unspecified atom stereocenters. The standard InChI is InChI=1S/C30H26FN3O4S/c1-19-5-2-3-6-22(19)18-34-26(29(36)32-17-20-8-12-23(31)13-9-20)27(38-30(34)37)21-10-14-24(15-11-21)33-28(35)25-7-4-16-39-25/h2-16,26-27H,17-18H2,1H3,(H,32,36)(H,33,35)/t26-,27-/m1/s1. The maximum atomic E-state index is 13.5. The molecule has 0 bridgehead atoms.